The highest BCUT2D eigenvalue weighted by Crippen LogP contribution is 2.24. The maximum Gasteiger partial charge on any atom is 0.243 e. The molecule has 2 aliphatic heterocycles. The molecule has 2 aliphatic rings. The van der Waals surface area contributed by atoms with Gasteiger partial charge in [-0.3, -0.25) is 4.79 Å². The average Bonchev–Trinajstić information content (AvgIpc) is 2.67. The van der Waals surface area contributed by atoms with E-state index in [1.54, 1.807) is 30.3 Å². The van der Waals surface area contributed by atoms with Crippen LogP contribution in [-0.4, -0.2) is 51.4 Å². The fourth-order valence-corrected chi connectivity index (χ4v) is 5.15. The number of benzene rings is 1. The summed E-state index contributed by atoms with van der Waals surface area (Å²) in [6.45, 7) is 3.42. The molecule has 2 atom stereocenters. The Labute approximate surface area is 162 Å². The molecule has 2 N–H and O–H groups in total. The van der Waals surface area contributed by atoms with Crippen molar-refractivity contribution in [1.82, 2.24) is 14.9 Å². The lowest BCUT2D eigenvalue weighted by molar-refractivity contribution is -0.126. The quantitative estimate of drug-likeness (QED) is 0.785. The number of rotatable bonds is 5. The molecule has 2 fully saturated rings. The Bertz CT molecular complexity index is 678. The summed E-state index contributed by atoms with van der Waals surface area (Å²) in [4.78, 5) is 12.8. The predicted molar refractivity (Wildman–Crippen MR) is 104 cm³/mol. The van der Waals surface area contributed by atoms with E-state index in [-0.39, 0.29) is 30.8 Å². The first-order chi connectivity index (χ1) is 12.1. The lowest BCUT2D eigenvalue weighted by Crippen LogP contribution is -2.47. The second-order valence-corrected chi connectivity index (χ2v) is 8.91. The molecule has 2 unspecified atom stereocenters. The number of halogens is 1. The molecular formula is C18H28ClN3O3S. The van der Waals surface area contributed by atoms with Gasteiger partial charge in [-0.1, -0.05) is 18.2 Å². The number of carbonyl (C=O) groups excluding carboxylic acids is 1. The van der Waals surface area contributed by atoms with Gasteiger partial charge < -0.3 is 10.6 Å². The van der Waals surface area contributed by atoms with Gasteiger partial charge in [0.1, 0.15) is 0 Å². The van der Waals surface area contributed by atoms with Crippen molar-refractivity contribution in [2.24, 2.45) is 11.8 Å². The van der Waals surface area contributed by atoms with Gasteiger partial charge in [0.15, 0.2) is 0 Å². The molecule has 3 rings (SSSR count). The number of piperidine rings is 2. The summed E-state index contributed by atoms with van der Waals surface area (Å²) in [5, 5.41) is 6.38. The normalized spacial score (nSPS) is 24.5. The molecule has 0 bridgehead atoms. The SMILES string of the molecule is Cl.O=C(NCC1CCCNC1)C1CCCN(S(=O)(=O)c2ccccc2)C1. The van der Waals surface area contributed by atoms with E-state index in [1.807, 2.05) is 0 Å². The van der Waals surface area contributed by atoms with Gasteiger partial charge in [0.2, 0.25) is 15.9 Å². The molecule has 8 heteroatoms. The molecule has 0 aliphatic carbocycles. The number of nitrogens with one attached hydrogen (secondary N) is 2. The smallest absolute Gasteiger partial charge is 0.243 e. The molecule has 0 aromatic heterocycles. The third-order valence-corrected chi connectivity index (χ3v) is 6.98. The first-order valence-electron chi connectivity index (χ1n) is 9.11. The third-order valence-electron chi connectivity index (χ3n) is 5.10. The lowest BCUT2D eigenvalue weighted by Gasteiger charge is -2.31. The topological polar surface area (TPSA) is 78.5 Å². The largest absolute Gasteiger partial charge is 0.355 e. The van der Waals surface area contributed by atoms with E-state index < -0.39 is 10.0 Å². The van der Waals surface area contributed by atoms with E-state index in [0.717, 1.165) is 38.8 Å². The molecule has 26 heavy (non-hydrogen) atoms. The maximum atomic E-state index is 12.7. The van der Waals surface area contributed by atoms with Crippen molar-refractivity contribution in [1.29, 1.82) is 0 Å². The first-order valence-corrected chi connectivity index (χ1v) is 10.5. The molecular weight excluding hydrogens is 374 g/mol. The van der Waals surface area contributed by atoms with Crippen molar-refractivity contribution in [2.75, 3.05) is 32.7 Å². The molecule has 1 amide bonds. The molecule has 2 saturated heterocycles. The van der Waals surface area contributed by atoms with Crippen molar-refractivity contribution in [2.45, 2.75) is 30.6 Å². The Morgan fingerprint density at radius 2 is 1.96 bits per heavy atom. The molecule has 1 aromatic rings. The van der Waals surface area contributed by atoms with Crippen molar-refractivity contribution in [3.05, 3.63) is 30.3 Å². The van der Waals surface area contributed by atoms with Crippen LogP contribution in [0.1, 0.15) is 25.7 Å². The van der Waals surface area contributed by atoms with Crippen LogP contribution in [0, 0.1) is 11.8 Å². The van der Waals surface area contributed by atoms with Gasteiger partial charge >= 0.3 is 0 Å². The molecule has 0 radical (unpaired) electrons. The highest BCUT2D eigenvalue weighted by Gasteiger charge is 2.33. The van der Waals surface area contributed by atoms with Crippen LogP contribution in [0.25, 0.3) is 0 Å². The highest BCUT2D eigenvalue weighted by atomic mass is 35.5. The van der Waals surface area contributed by atoms with E-state index in [9.17, 15) is 13.2 Å². The monoisotopic (exact) mass is 401 g/mol. The third kappa shape index (κ3) is 5.19. The number of amides is 1. The summed E-state index contributed by atoms with van der Waals surface area (Å²) in [5.74, 6) is 0.202. The van der Waals surface area contributed by atoms with Crippen LogP contribution in [0.15, 0.2) is 35.2 Å². The molecule has 0 spiro atoms. The van der Waals surface area contributed by atoms with E-state index >= 15 is 0 Å². The van der Waals surface area contributed by atoms with Gasteiger partial charge in [-0.05, 0) is 56.8 Å². The minimum Gasteiger partial charge on any atom is -0.355 e. The maximum absolute atomic E-state index is 12.7. The zero-order chi connectivity index (χ0) is 17.7. The van der Waals surface area contributed by atoms with Crippen LogP contribution in [0.5, 0.6) is 0 Å². The average molecular weight is 402 g/mol. The Morgan fingerprint density at radius 3 is 2.65 bits per heavy atom. The van der Waals surface area contributed by atoms with Gasteiger partial charge in [0, 0.05) is 19.6 Å². The summed E-state index contributed by atoms with van der Waals surface area (Å²) < 4.78 is 26.9. The highest BCUT2D eigenvalue weighted by molar-refractivity contribution is 7.89. The van der Waals surface area contributed by atoms with Crippen molar-refractivity contribution in [3.63, 3.8) is 0 Å². The Morgan fingerprint density at radius 1 is 1.19 bits per heavy atom. The van der Waals surface area contributed by atoms with Crippen molar-refractivity contribution >= 4 is 28.3 Å². The van der Waals surface area contributed by atoms with Crippen LogP contribution in [0.4, 0.5) is 0 Å². The van der Waals surface area contributed by atoms with Crippen LogP contribution < -0.4 is 10.6 Å². The van der Waals surface area contributed by atoms with Gasteiger partial charge in [-0.25, -0.2) is 8.42 Å². The minimum atomic E-state index is -3.52. The number of carbonyl (C=O) groups is 1. The zero-order valence-corrected chi connectivity index (χ0v) is 16.5. The minimum absolute atomic E-state index is 0. The zero-order valence-electron chi connectivity index (χ0n) is 14.9. The van der Waals surface area contributed by atoms with Gasteiger partial charge in [0.25, 0.3) is 0 Å². The molecule has 0 saturated carbocycles. The second-order valence-electron chi connectivity index (χ2n) is 6.97. The summed E-state index contributed by atoms with van der Waals surface area (Å²) >= 11 is 0. The van der Waals surface area contributed by atoms with Crippen LogP contribution in [-0.2, 0) is 14.8 Å². The van der Waals surface area contributed by atoms with Crippen LogP contribution in [0.2, 0.25) is 0 Å². The number of sulfonamides is 1. The van der Waals surface area contributed by atoms with E-state index in [1.165, 1.54) is 4.31 Å². The van der Waals surface area contributed by atoms with Crippen LogP contribution >= 0.6 is 12.4 Å². The fraction of sp³-hybridized carbons (Fsp3) is 0.611. The van der Waals surface area contributed by atoms with E-state index in [0.29, 0.717) is 23.9 Å². The summed E-state index contributed by atoms with van der Waals surface area (Å²) in [7, 11) is -3.52. The van der Waals surface area contributed by atoms with Gasteiger partial charge in [-0.2, -0.15) is 4.31 Å². The Balaban J connectivity index is 0.00000243. The Hall–Kier alpha value is -1.15. The van der Waals surface area contributed by atoms with Crippen molar-refractivity contribution < 1.29 is 13.2 Å². The van der Waals surface area contributed by atoms with Gasteiger partial charge in [-0.15, -0.1) is 12.4 Å². The standard InChI is InChI=1S/C18H27N3O3S.ClH/c22-18(20-13-15-6-4-10-19-12-15)16-7-5-11-21(14-16)25(23,24)17-8-2-1-3-9-17;/h1-3,8-9,15-16,19H,4-7,10-14H2,(H,20,22);1H. The molecule has 146 valence electrons. The van der Waals surface area contributed by atoms with Crippen LogP contribution in [0.3, 0.4) is 0 Å². The van der Waals surface area contributed by atoms with Crippen molar-refractivity contribution in [3.8, 4) is 0 Å². The first kappa shape index (κ1) is 21.2. The second kappa shape index (κ2) is 9.69. The summed E-state index contributed by atoms with van der Waals surface area (Å²) in [6, 6.07) is 8.45. The van der Waals surface area contributed by atoms with E-state index in [2.05, 4.69) is 10.6 Å². The fourth-order valence-electron chi connectivity index (χ4n) is 3.60. The van der Waals surface area contributed by atoms with E-state index in [4.69, 9.17) is 0 Å². The lowest BCUT2D eigenvalue weighted by atomic mass is 9.97. The summed E-state index contributed by atoms with van der Waals surface area (Å²) in [6.07, 6.45) is 3.74. The molecule has 6 nitrogen and oxygen atoms in total. The number of nitrogens with zero attached hydrogens (tertiary/aromatic N) is 1. The molecule has 2 heterocycles. The van der Waals surface area contributed by atoms with Gasteiger partial charge in [0.05, 0.1) is 10.8 Å². The predicted octanol–water partition coefficient (Wildman–Crippen LogP) is 1.62. The Kier molecular flexibility index (Phi) is 7.88. The number of hydrogen-bond acceptors (Lipinski definition) is 4. The molecule has 1 aromatic carbocycles. The number of hydrogen-bond donors (Lipinski definition) is 2. The summed E-state index contributed by atoms with van der Waals surface area (Å²) in [5.41, 5.74) is 0.